The van der Waals surface area contributed by atoms with Gasteiger partial charge >= 0.3 is 11.9 Å². The van der Waals surface area contributed by atoms with E-state index in [9.17, 15) is 4.79 Å². The first-order chi connectivity index (χ1) is 14.8. The number of piperazine rings is 1. The van der Waals surface area contributed by atoms with E-state index in [4.69, 9.17) is 24.5 Å². The number of aryl methyl sites for hydroxylation is 2. The van der Waals surface area contributed by atoms with Crippen LogP contribution in [0.2, 0.25) is 0 Å². The quantitative estimate of drug-likeness (QED) is 0.703. The third-order valence-corrected chi connectivity index (χ3v) is 4.92. The zero-order valence-electron chi connectivity index (χ0n) is 17.8. The third kappa shape index (κ3) is 8.10. The van der Waals surface area contributed by atoms with Crippen molar-refractivity contribution in [1.82, 2.24) is 9.80 Å². The summed E-state index contributed by atoms with van der Waals surface area (Å²) in [6.07, 6.45) is 0. The van der Waals surface area contributed by atoms with Gasteiger partial charge in [-0.15, -0.1) is 0 Å². The average molecular weight is 428 g/mol. The van der Waals surface area contributed by atoms with E-state index in [-0.39, 0.29) is 12.5 Å². The Morgan fingerprint density at radius 1 is 0.903 bits per heavy atom. The van der Waals surface area contributed by atoms with Crippen molar-refractivity contribution in [3.63, 3.8) is 0 Å². The molecule has 1 aliphatic heterocycles. The molecule has 0 saturated carbocycles. The van der Waals surface area contributed by atoms with Gasteiger partial charge in [0.25, 0.3) is 5.91 Å². The fourth-order valence-corrected chi connectivity index (χ4v) is 3.13. The van der Waals surface area contributed by atoms with Gasteiger partial charge < -0.3 is 19.8 Å². The minimum Gasteiger partial charge on any atom is -0.484 e. The maximum absolute atomic E-state index is 12.4. The van der Waals surface area contributed by atoms with E-state index in [1.807, 2.05) is 36.1 Å². The predicted molar refractivity (Wildman–Crippen MR) is 115 cm³/mol. The highest BCUT2D eigenvalue weighted by molar-refractivity contribution is 6.27. The lowest BCUT2D eigenvalue weighted by Gasteiger charge is -2.35. The molecule has 166 valence electrons. The molecule has 31 heavy (non-hydrogen) atoms. The molecule has 2 aromatic rings. The summed E-state index contributed by atoms with van der Waals surface area (Å²) in [5.74, 6) is -2.83. The van der Waals surface area contributed by atoms with Crippen LogP contribution in [0.1, 0.15) is 16.7 Å². The molecule has 0 aliphatic carbocycles. The van der Waals surface area contributed by atoms with Crippen molar-refractivity contribution in [2.24, 2.45) is 0 Å². The van der Waals surface area contributed by atoms with Crippen LogP contribution < -0.4 is 4.74 Å². The Kier molecular flexibility index (Phi) is 9.02. The van der Waals surface area contributed by atoms with Gasteiger partial charge in [0.15, 0.2) is 6.61 Å². The van der Waals surface area contributed by atoms with Crippen LogP contribution in [0.4, 0.5) is 0 Å². The Morgan fingerprint density at radius 2 is 1.55 bits per heavy atom. The molecular formula is C23H28N2O6. The summed E-state index contributed by atoms with van der Waals surface area (Å²) in [6.45, 7) is 8.58. The van der Waals surface area contributed by atoms with Crippen molar-refractivity contribution in [2.75, 3.05) is 32.8 Å². The first-order valence-electron chi connectivity index (χ1n) is 9.96. The molecule has 0 aromatic heterocycles. The number of nitrogens with zero attached hydrogens (tertiary/aromatic N) is 2. The maximum atomic E-state index is 12.4. The zero-order valence-corrected chi connectivity index (χ0v) is 17.8. The number of benzene rings is 2. The standard InChI is InChI=1S/C21H26N2O2.C2H2O4/c1-17-6-5-9-20(14-17)25-16-21(24)23-12-10-22(11-13-23)15-19-8-4-3-7-18(19)2;3-1(4)2(5)6/h3-9,14H,10-13,15-16H2,1-2H3;(H,3,4)(H,5,6). The van der Waals surface area contributed by atoms with Crippen molar-refractivity contribution in [1.29, 1.82) is 0 Å². The summed E-state index contributed by atoms with van der Waals surface area (Å²) in [4.78, 5) is 34.9. The molecule has 0 atom stereocenters. The summed E-state index contributed by atoms with van der Waals surface area (Å²) in [5, 5.41) is 14.8. The van der Waals surface area contributed by atoms with Crippen LogP contribution in [-0.4, -0.2) is 70.6 Å². The number of amides is 1. The van der Waals surface area contributed by atoms with E-state index < -0.39 is 11.9 Å². The number of hydrogen-bond acceptors (Lipinski definition) is 5. The minimum absolute atomic E-state index is 0.0667. The number of carboxylic acids is 2. The van der Waals surface area contributed by atoms with E-state index in [2.05, 4.69) is 36.1 Å². The topological polar surface area (TPSA) is 107 Å². The van der Waals surface area contributed by atoms with Crippen molar-refractivity contribution in [3.8, 4) is 5.75 Å². The smallest absolute Gasteiger partial charge is 0.414 e. The highest BCUT2D eigenvalue weighted by atomic mass is 16.5. The van der Waals surface area contributed by atoms with Crippen molar-refractivity contribution >= 4 is 17.8 Å². The van der Waals surface area contributed by atoms with E-state index >= 15 is 0 Å². The minimum atomic E-state index is -1.82. The first-order valence-corrected chi connectivity index (χ1v) is 9.96. The zero-order chi connectivity index (χ0) is 22.8. The van der Waals surface area contributed by atoms with Crippen LogP contribution in [-0.2, 0) is 20.9 Å². The van der Waals surface area contributed by atoms with E-state index in [0.717, 1.165) is 44.0 Å². The lowest BCUT2D eigenvalue weighted by atomic mass is 10.1. The van der Waals surface area contributed by atoms with Crippen LogP contribution in [0.3, 0.4) is 0 Å². The Hall–Kier alpha value is -3.39. The Bertz CT molecular complexity index is 894. The number of hydrogen-bond donors (Lipinski definition) is 2. The molecule has 3 rings (SSSR count). The van der Waals surface area contributed by atoms with E-state index in [1.165, 1.54) is 11.1 Å². The van der Waals surface area contributed by atoms with Gasteiger partial charge in [0.05, 0.1) is 0 Å². The highest BCUT2D eigenvalue weighted by Crippen LogP contribution is 2.14. The third-order valence-electron chi connectivity index (χ3n) is 4.92. The molecule has 0 bridgehead atoms. The molecule has 2 N–H and O–H groups in total. The molecule has 0 spiro atoms. The van der Waals surface area contributed by atoms with Gasteiger partial charge in [0.1, 0.15) is 5.75 Å². The second-order valence-corrected chi connectivity index (χ2v) is 7.30. The van der Waals surface area contributed by atoms with Crippen LogP contribution in [0.25, 0.3) is 0 Å². The Balaban J connectivity index is 0.000000501. The lowest BCUT2D eigenvalue weighted by Crippen LogP contribution is -2.49. The molecule has 0 unspecified atom stereocenters. The van der Waals surface area contributed by atoms with E-state index in [0.29, 0.717) is 0 Å². The summed E-state index contributed by atoms with van der Waals surface area (Å²) in [7, 11) is 0. The number of aliphatic carboxylic acids is 2. The van der Waals surface area contributed by atoms with Gasteiger partial charge in [-0.3, -0.25) is 9.69 Å². The van der Waals surface area contributed by atoms with Gasteiger partial charge in [0, 0.05) is 32.7 Å². The predicted octanol–water partition coefficient (Wildman–Crippen LogP) is 2.18. The largest absolute Gasteiger partial charge is 0.484 e. The highest BCUT2D eigenvalue weighted by Gasteiger charge is 2.21. The molecule has 0 radical (unpaired) electrons. The SMILES string of the molecule is Cc1cccc(OCC(=O)N2CCN(Cc3ccccc3C)CC2)c1.O=C(O)C(=O)O. The summed E-state index contributed by atoms with van der Waals surface area (Å²) >= 11 is 0. The van der Waals surface area contributed by atoms with Gasteiger partial charge in [-0.1, -0.05) is 36.4 Å². The van der Waals surface area contributed by atoms with E-state index in [1.54, 1.807) is 0 Å². The normalized spacial score (nSPS) is 13.7. The number of carbonyl (C=O) groups excluding carboxylic acids is 1. The summed E-state index contributed by atoms with van der Waals surface area (Å²) in [6, 6.07) is 16.3. The number of ether oxygens (including phenoxy) is 1. The van der Waals surface area contributed by atoms with Crippen LogP contribution in [0.15, 0.2) is 48.5 Å². The first kappa shape index (κ1) is 23.9. The Morgan fingerprint density at radius 3 is 2.13 bits per heavy atom. The van der Waals surface area contributed by atoms with Crippen LogP contribution >= 0.6 is 0 Å². The molecule has 2 aromatic carbocycles. The second-order valence-electron chi connectivity index (χ2n) is 7.30. The van der Waals surface area contributed by atoms with Gasteiger partial charge in [-0.25, -0.2) is 9.59 Å². The second kappa shape index (κ2) is 11.7. The maximum Gasteiger partial charge on any atom is 0.414 e. The van der Waals surface area contributed by atoms with Crippen LogP contribution in [0, 0.1) is 13.8 Å². The summed E-state index contributed by atoms with van der Waals surface area (Å²) < 4.78 is 5.64. The molecule has 1 amide bonds. The van der Waals surface area contributed by atoms with Crippen LogP contribution in [0.5, 0.6) is 5.75 Å². The fraction of sp³-hybridized carbons (Fsp3) is 0.348. The summed E-state index contributed by atoms with van der Waals surface area (Å²) in [5.41, 5.74) is 3.83. The molecule has 1 aliphatic rings. The van der Waals surface area contributed by atoms with Crippen molar-refractivity contribution < 1.29 is 29.3 Å². The van der Waals surface area contributed by atoms with Gasteiger partial charge in [-0.2, -0.15) is 0 Å². The number of carbonyl (C=O) groups is 3. The molecule has 8 heteroatoms. The van der Waals surface area contributed by atoms with Crippen molar-refractivity contribution in [2.45, 2.75) is 20.4 Å². The number of carboxylic acid groups (broad SMARTS) is 2. The fourth-order valence-electron chi connectivity index (χ4n) is 3.13. The monoisotopic (exact) mass is 428 g/mol. The Labute approximate surface area is 181 Å². The molecule has 1 saturated heterocycles. The van der Waals surface area contributed by atoms with Crippen molar-refractivity contribution in [3.05, 3.63) is 65.2 Å². The average Bonchev–Trinajstić information content (AvgIpc) is 2.74. The number of rotatable bonds is 5. The molecule has 1 heterocycles. The molecule has 1 fully saturated rings. The molecular weight excluding hydrogens is 400 g/mol. The van der Waals surface area contributed by atoms with Gasteiger partial charge in [-0.05, 0) is 42.7 Å². The van der Waals surface area contributed by atoms with Gasteiger partial charge in [0.2, 0.25) is 0 Å². The molecule has 8 nitrogen and oxygen atoms in total. The lowest BCUT2D eigenvalue weighted by molar-refractivity contribution is -0.159.